The van der Waals surface area contributed by atoms with Crippen LogP contribution in [0.3, 0.4) is 0 Å². The molecule has 0 spiro atoms. The topological polar surface area (TPSA) is 81.4 Å². The number of nitrogens with zero attached hydrogens (tertiary/aromatic N) is 1. The molecule has 1 saturated carbocycles. The van der Waals surface area contributed by atoms with Crippen LogP contribution in [-0.2, 0) is 4.74 Å². The third-order valence-corrected chi connectivity index (χ3v) is 3.95. The van der Waals surface area contributed by atoms with E-state index in [1.54, 1.807) is 0 Å². The van der Waals surface area contributed by atoms with Gasteiger partial charge in [-0.3, -0.25) is 4.79 Å². The zero-order chi connectivity index (χ0) is 15.5. The lowest BCUT2D eigenvalue weighted by molar-refractivity contribution is 0.0554. The average Bonchev–Trinajstić information content (AvgIpc) is 3.01. The predicted molar refractivity (Wildman–Crippen MR) is 77.5 cm³/mol. The van der Waals surface area contributed by atoms with Gasteiger partial charge in [0.05, 0.1) is 7.11 Å². The summed E-state index contributed by atoms with van der Waals surface area (Å²) in [5.41, 5.74) is 1.30. The van der Waals surface area contributed by atoms with Crippen LogP contribution in [-0.4, -0.2) is 30.2 Å². The van der Waals surface area contributed by atoms with Gasteiger partial charge < -0.3 is 14.6 Å². The highest BCUT2D eigenvalue weighted by molar-refractivity contribution is 5.95. The van der Waals surface area contributed by atoms with Crippen molar-refractivity contribution in [3.05, 3.63) is 53.4 Å². The van der Waals surface area contributed by atoms with E-state index in [1.807, 2.05) is 18.2 Å². The Morgan fingerprint density at radius 1 is 1.27 bits per heavy atom. The fraction of sp³-hybridized carbons (Fsp3) is 0.312. The maximum Gasteiger partial charge on any atom is 0.376 e. The summed E-state index contributed by atoms with van der Waals surface area (Å²) in [6.45, 7) is 0. The number of methoxy groups -OCH3 is 1. The Bertz CT molecular complexity index is 680. The minimum Gasteiger partial charge on any atom is -0.463 e. The van der Waals surface area contributed by atoms with Gasteiger partial charge in [-0.1, -0.05) is 35.5 Å². The molecule has 1 heterocycles. The number of carbonyl (C=O) groups is 2. The number of benzene rings is 1. The van der Waals surface area contributed by atoms with Gasteiger partial charge in [-0.25, -0.2) is 4.79 Å². The zero-order valence-electron chi connectivity index (χ0n) is 12.1. The first kappa shape index (κ1) is 14.3. The van der Waals surface area contributed by atoms with Crippen molar-refractivity contribution in [1.29, 1.82) is 0 Å². The fourth-order valence-corrected chi connectivity index (χ4v) is 2.59. The maximum absolute atomic E-state index is 12.2. The lowest BCUT2D eigenvalue weighted by atomic mass is 9.75. The van der Waals surface area contributed by atoms with Crippen molar-refractivity contribution in [2.24, 2.45) is 0 Å². The van der Waals surface area contributed by atoms with Crippen LogP contribution in [0.25, 0.3) is 0 Å². The van der Waals surface area contributed by atoms with Gasteiger partial charge in [0, 0.05) is 18.0 Å². The summed E-state index contributed by atoms with van der Waals surface area (Å²) in [7, 11) is 1.24. The van der Waals surface area contributed by atoms with Crippen molar-refractivity contribution in [1.82, 2.24) is 10.5 Å². The van der Waals surface area contributed by atoms with Crippen molar-refractivity contribution in [3.8, 4) is 0 Å². The van der Waals surface area contributed by atoms with Gasteiger partial charge in [-0.05, 0) is 18.4 Å². The van der Waals surface area contributed by atoms with Gasteiger partial charge in [-0.2, -0.15) is 0 Å². The first-order valence-corrected chi connectivity index (χ1v) is 7.10. The van der Waals surface area contributed by atoms with Gasteiger partial charge in [0.25, 0.3) is 5.91 Å². The van der Waals surface area contributed by atoms with Gasteiger partial charge in [0.15, 0.2) is 5.69 Å². The molecule has 2 atom stereocenters. The predicted octanol–water partition coefficient (Wildman–Crippen LogP) is 2.14. The zero-order valence-corrected chi connectivity index (χ0v) is 12.1. The summed E-state index contributed by atoms with van der Waals surface area (Å²) in [5, 5.41) is 6.54. The first-order chi connectivity index (χ1) is 10.7. The Kier molecular flexibility index (Phi) is 3.91. The molecule has 0 unspecified atom stereocenters. The second-order valence-corrected chi connectivity index (χ2v) is 5.24. The number of rotatable bonds is 4. The molecular formula is C16H16N2O4. The van der Waals surface area contributed by atoms with E-state index < -0.39 is 5.97 Å². The Balaban J connectivity index is 1.65. The van der Waals surface area contributed by atoms with Crippen LogP contribution in [0, 0.1) is 0 Å². The molecule has 1 aromatic carbocycles. The lowest BCUT2D eigenvalue weighted by Gasteiger charge is -2.37. The molecule has 1 fully saturated rings. The molecule has 6 heteroatoms. The number of nitrogens with one attached hydrogen (secondary N) is 1. The summed E-state index contributed by atoms with van der Waals surface area (Å²) in [4.78, 5) is 23.5. The number of esters is 1. The van der Waals surface area contributed by atoms with Gasteiger partial charge in [0.1, 0.15) is 0 Å². The minimum absolute atomic E-state index is 0.0770. The van der Waals surface area contributed by atoms with Crippen molar-refractivity contribution >= 4 is 11.9 Å². The Morgan fingerprint density at radius 2 is 2.05 bits per heavy atom. The molecule has 1 amide bonds. The van der Waals surface area contributed by atoms with E-state index in [0.717, 1.165) is 12.8 Å². The number of hydrogen-bond acceptors (Lipinski definition) is 5. The third-order valence-electron chi connectivity index (χ3n) is 3.95. The van der Waals surface area contributed by atoms with Crippen LogP contribution in [0.1, 0.15) is 45.4 Å². The van der Waals surface area contributed by atoms with Crippen molar-refractivity contribution in [2.75, 3.05) is 7.11 Å². The van der Waals surface area contributed by atoms with Crippen LogP contribution < -0.4 is 5.32 Å². The molecular weight excluding hydrogens is 284 g/mol. The quantitative estimate of drug-likeness (QED) is 0.875. The summed E-state index contributed by atoms with van der Waals surface area (Å²) in [5.74, 6) is -0.764. The van der Waals surface area contributed by atoms with Crippen molar-refractivity contribution in [2.45, 2.75) is 24.8 Å². The molecule has 0 aliphatic heterocycles. The van der Waals surface area contributed by atoms with Crippen molar-refractivity contribution < 1.29 is 18.8 Å². The van der Waals surface area contributed by atoms with E-state index >= 15 is 0 Å². The fourth-order valence-electron chi connectivity index (χ4n) is 2.59. The molecule has 0 bridgehead atoms. The standard InChI is InChI=1S/C16H16N2O4/c1-21-16(20)14-9-13(18-22-14)15(19)17-12-8-7-11(12)10-5-3-2-4-6-10/h2-6,9,11-12H,7-8H2,1H3,(H,17,19)/t11-,12-/m1/s1. The van der Waals surface area contributed by atoms with E-state index in [1.165, 1.54) is 18.7 Å². The summed E-state index contributed by atoms with van der Waals surface area (Å²) in [6.07, 6.45) is 1.97. The smallest absolute Gasteiger partial charge is 0.376 e. The normalized spacial score (nSPS) is 20.0. The minimum atomic E-state index is -0.655. The number of amides is 1. The third kappa shape index (κ3) is 2.72. The molecule has 1 aromatic heterocycles. The Hall–Kier alpha value is -2.63. The number of hydrogen-bond donors (Lipinski definition) is 1. The highest BCUT2D eigenvalue weighted by Gasteiger charge is 2.34. The van der Waals surface area contributed by atoms with Crippen LogP contribution in [0.2, 0.25) is 0 Å². The SMILES string of the molecule is COC(=O)c1cc(C(=O)N[C@@H]2CC[C@@H]2c2ccccc2)no1. The van der Waals surface area contributed by atoms with E-state index in [4.69, 9.17) is 4.52 Å². The molecule has 0 saturated heterocycles. The molecule has 114 valence electrons. The van der Waals surface area contributed by atoms with Crippen LogP contribution in [0.4, 0.5) is 0 Å². The molecule has 6 nitrogen and oxygen atoms in total. The second kappa shape index (κ2) is 6.01. The maximum atomic E-state index is 12.2. The van der Waals surface area contributed by atoms with Crippen LogP contribution in [0.15, 0.2) is 40.9 Å². The molecule has 0 radical (unpaired) electrons. The lowest BCUT2D eigenvalue weighted by Crippen LogP contribution is -2.45. The van der Waals surface area contributed by atoms with Crippen LogP contribution in [0.5, 0.6) is 0 Å². The number of carbonyl (C=O) groups excluding carboxylic acids is 2. The van der Waals surface area contributed by atoms with Gasteiger partial charge in [-0.15, -0.1) is 0 Å². The largest absolute Gasteiger partial charge is 0.463 e. The Morgan fingerprint density at radius 3 is 2.68 bits per heavy atom. The molecule has 1 aliphatic carbocycles. The molecule has 22 heavy (non-hydrogen) atoms. The van der Waals surface area contributed by atoms with Crippen LogP contribution >= 0.6 is 0 Å². The molecule has 1 aliphatic rings. The first-order valence-electron chi connectivity index (χ1n) is 7.10. The summed E-state index contributed by atoms with van der Waals surface area (Å²) in [6, 6.07) is 11.5. The molecule has 1 N–H and O–H groups in total. The van der Waals surface area contributed by atoms with Gasteiger partial charge in [0.2, 0.25) is 5.76 Å². The summed E-state index contributed by atoms with van der Waals surface area (Å²) < 4.78 is 9.31. The second-order valence-electron chi connectivity index (χ2n) is 5.24. The summed E-state index contributed by atoms with van der Waals surface area (Å²) >= 11 is 0. The number of ether oxygens (including phenoxy) is 1. The average molecular weight is 300 g/mol. The van der Waals surface area contributed by atoms with E-state index in [9.17, 15) is 9.59 Å². The van der Waals surface area contributed by atoms with E-state index in [-0.39, 0.29) is 23.4 Å². The highest BCUT2D eigenvalue weighted by Crippen LogP contribution is 2.36. The monoisotopic (exact) mass is 300 g/mol. The Labute approximate surface area is 127 Å². The van der Waals surface area contributed by atoms with E-state index in [0.29, 0.717) is 5.92 Å². The molecule has 3 rings (SSSR count). The molecule has 2 aromatic rings. The van der Waals surface area contributed by atoms with Crippen molar-refractivity contribution in [3.63, 3.8) is 0 Å². The highest BCUT2D eigenvalue weighted by atomic mass is 16.5. The number of aromatic nitrogens is 1. The van der Waals surface area contributed by atoms with E-state index in [2.05, 4.69) is 27.3 Å². The van der Waals surface area contributed by atoms with Gasteiger partial charge >= 0.3 is 5.97 Å².